The molecule has 1 atom stereocenters. The molecule has 0 aliphatic carbocycles. The van der Waals surface area contributed by atoms with Crippen molar-refractivity contribution in [2.75, 3.05) is 14.2 Å². The summed E-state index contributed by atoms with van der Waals surface area (Å²) >= 11 is 0. The van der Waals surface area contributed by atoms with Crippen LogP contribution >= 0.6 is 0 Å². The highest BCUT2D eigenvalue weighted by Crippen LogP contribution is 2.28. The molecule has 110 valence electrons. The SMILES string of the molecule is COC(=O)C1CCc2cnc(-c3ccc(OC)cc3)n2C1. The average Bonchev–Trinajstić information content (AvgIpc) is 2.97. The predicted octanol–water partition coefficient (Wildman–Crippen LogP) is 2.29. The van der Waals surface area contributed by atoms with Crippen LogP contribution in [0.15, 0.2) is 30.5 Å². The van der Waals surface area contributed by atoms with Gasteiger partial charge in [0, 0.05) is 24.0 Å². The lowest BCUT2D eigenvalue weighted by Gasteiger charge is -2.23. The van der Waals surface area contributed by atoms with E-state index < -0.39 is 0 Å². The molecule has 0 bridgehead atoms. The second-order valence-corrected chi connectivity index (χ2v) is 5.17. The molecular formula is C16H18N2O3. The zero-order chi connectivity index (χ0) is 14.8. The molecule has 21 heavy (non-hydrogen) atoms. The largest absolute Gasteiger partial charge is 0.497 e. The number of rotatable bonds is 3. The summed E-state index contributed by atoms with van der Waals surface area (Å²) in [5.74, 6) is 1.47. The van der Waals surface area contributed by atoms with Crippen molar-refractivity contribution in [3.63, 3.8) is 0 Å². The molecule has 3 rings (SSSR count). The van der Waals surface area contributed by atoms with E-state index in [0.717, 1.165) is 30.0 Å². The maximum Gasteiger partial charge on any atom is 0.310 e. The Hall–Kier alpha value is -2.30. The fraction of sp³-hybridized carbons (Fsp3) is 0.375. The predicted molar refractivity (Wildman–Crippen MR) is 78.0 cm³/mol. The molecule has 0 spiro atoms. The van der Waals surface area contributed by atoms with Crippen LogP contribution in [0.1, 0.15) is 12.1 Å². The number of hydrogen-bond donors (Lipinski definition) is 0. The number of fused-ring (bicyclic) bond motifs is 1. The van der Waals surface area contributed by atoms with E-state index in [1.54, 1.807) is 7.11 Å². The highest BCUT2D eigenvalue weighted by atomic mass is 16.5. The van der Waals surface area contributed by atoms with Gasteiger partial charge in [-0.25, -0.2) is 4.98 Å². The summed E-state index contributed by atoms with van der Waals surface area (Å²) in [5.41, 5.74) is 2.19. The first-order valence-electron chi connectivity index (χ1n) is 6.99. The Bertz CT molecular complexity index is 646. The number of carbonyl (C=O) groups excluding carboxylic acids is 1. The molecule has 2 aromatic rings. The molecule has 0 N–H and O–H groups in total. The zero-order valence-electron chi connectivity index (χ0n) is 12.2. The molecule has 1 unspecified atom stereocenters. The summed E-state index contributed by atoms with van der Waals surface area (Å²) < 4.78 is 12.2. The summed E-state index contributed by atoms with van der Waals surface area (Å²) in [6, 6.07) is 7.79. The lowest BCUT2D eigenvalue weighted by molar-refractivity contribution is -0.146. The minimum Gasteiger partial charge on any atom is -0.497 e. The number of ether oxygens (including phenoxy) is 2. The molecule has 1 aromatic heterocycles. The summed E-state index contributed by atoms with van der Waals surface area (Å²) in [7, 11) is 3.09. The van der Waals surface area contributed by atoms with Crippen LogP contribution in [0.25, 0.3) is 11.4 Å². The van der Waals surface area contributed by atoms with E-state index in [-0.39, 0.29) is 11.9 Å². The van der Waals surface area contributed by atoms with Gasteiger partial charge in [-0.3, -0.25) is 4.79 Å². The first kappa shape index (κ1) is 13.7. The molecule has 0 fully saturated rings. The van der Waals surface area contributed by atoms with Crippen LogP contribution < -0.4 is 4.74 Å². The van der Waals surface area contributed by atoms with Gasteiger partial charge in [0.05, 0.1) is 20.1 Å². The normalized spacial score (nSPS) is 17.1. The van der Waals surface area contributed by atoms with Crippen molar-refractivity contribution in [3.05, 3.63) is 36.2 Å². The summed E-state index contributed by atoms with van der Waals surface area (Å²) in [5, 5.41) is 0. The van der Waals surface area contributed by atoms with Crippen LogP contribution in [-0.2, 0) is 22.5 Å². The van der Waals surface area contributed by atoms with E-state index >= 15 is 0 Å². The molecule has 1 aliphatic heterocycles. The van der Waals surface area contributed by atoms with Gasteiger partial charge in [0.2, 0.25) is 0 Å². The lowest BCUT2D eigenvalue weighted by atomic mass is 9.98. The Morgan fingerprint density at radius 3 is 2.71 bits per heavy atom. The number of carbonyl (C=O) groups is 1. The molecule has 0 radical (unpaired) electrons. The van der Waals surface area contributed by atoms with Crippen LogP contribution in [0.2, 0.25) is 0 Å². The molecule has 2 heterocycles. The molecule has 1 aromatic carbocycles. The van der Waals surface area contributed by atoms with Crippen molar-refractivity contribution in [2.45, 2.75) is 19.4 Å². The first-order chi connectivity index (χ1) is 10.2. The third-order valence-electron chi connectivity index (χ3n) is 3.97. The van der Waals surface area contributed by atoms with Gasteiger partial charge >= 0.3 is 5.97 Å². The van der Waals surface area contributed by atoms with Gasteiger partial charge in [-0.05, 0) is 37.1 Å². The highest BCUT2D eigenvalue weighted by Gasteiger charge is 2.27. The Kier molecular flexibility index (Phi) is 3.64. The molecule has 0 saturated heterocycles. The minimum atomic E-state index is -0.143. The van der Waals surface area contributed by atoms with Gasteiger partial charge < -0.3 is 14.0 Å². The summed E-state index contributed by atoms with van der Waals surface area (Å²) in [6.45, 7) is 0.628. The van der Waals surface area contributed by atoms with Crippen LogP contribution in [0.4, 0.5) is 0 Å². The van der Waals surface area contributed by atoms with Crippen LogP contribution in [-0.4, -0.2) is 29.7 Å². The molecule has 5 heteroatoms. The van der Waals surface area contributed by atoms with E-state index in [9.17, 15) is 4.79 Å². The van der Waals surface area contributed by atoms with Crippen LogP contribution in [0, 0.1) is 5.92 Å². The molecular weight excluding hydrogens is 268 g/mol. The summed E-state index contributed by atoms with van der Waals surface area (Å²) in [4.78, 5) is 16.3. The van der Waals surface area contributed by atoms with E-state index in [1.807, 2.05) is 30.5 Å². The van der Waals surface area contributed by atoms with Crippen molar-refractivity contribution in [2.24, 2.45) is 5.92 Å². The van der Waals surface area contributed by atoms with E-state index in [4.69, 9.17) is 9.47 Å². The maximum atomic E-state index is 11.8. The van der Waals surface area contributed by atoms with Crippen LogP contribution in [0.3, 0.4) is 0 Å². The van der Waals surface area contributed by atoms with Crippen LogP contribution in [0.5, 0.6) is 5.75 Å². The topological polar surface area (TPSA) is 53.4 Å². The minimum absolute atomic E-state index is 0.0892. The molecule has 5 nitrogen and oxygen atoms in total. The Morgan fingerprint density at radius 2 is 2.05 bits per heavy atom. The smallest absolute Gasteiger partial charge is 0.310 e. The summed E-state index contributed by atoms with van der Waals surface area (Å²) in [6.07, 6.45) is 3.57. The number of aryl methyl sites for hydroxylation is 1. The third kappa shape index (κ3) is 2.51. The number of benzene rings is 1. The standard InChI is InChI=1S/C16H18N2O3/c1-20-14-7-4-11(5-8-14)15-17-9-13-6-3-12(10-18(13)15)16(19)21-2/h4-5,7-9,12H,3,6,10H2,1-2H3. The van der Waals surface area contributed by atoms with Crippen molar-refractivity contribution in [1.29, 1.82) is 0 Å². The maximum absolute atomic E-state index is 11.8. The second kappa shape index (κ2) is 5.60. The number of hydrogen-bond acceptors (Lipinski definition) is 4. The van der Waals surface area contributed by atoms with Gasteiger partial charge in [0.15, 0.2) is 0 Å². The van der Waals surface area contributed by atoms with Crippen molar-refractivity contribution in [3.8, 4) is 17.1 Å². The Morgan fingerprint density at radius 1 is 1.29 bits per heavy atom. The Labute approximate surface area is 123 Å². The average molecular weight is 286 g/mol. The number of nitrogens with zero attached hydrogens (tertiary/aromatic N) is 2. The van der Waals surface area contributed by atoms with Gasteiger partial charge in [0.25, 0.3) is 0 Å². The number of methoxy groups -OCH3 is 2. The zero-order valence-corrected chi connectivity index (χ0v) is 12.2. The van der Waals surface area contributed by atoms with Gasteiger partial charge in [-0.15, -0.1) is 0 Å². The fourth-order valence-corrected chi connectivity index (χ4v) is 2.78. The van der Waals surface area contributed by atoms with Gasteiger partial charge in [-0.1, -0.05) is 0 Å². The lowest BCUT2D eigenvalue weighted by Crippen LogP contribution is -2.27. The quantitative estimate of drug-likeness (QED) is 0.812. The number of aromatic nitrogens is 2. The highest BCUT2D eigenvalue weighted by molar-refractivity contribution is 5.72. The monoisotopic (exact) mass is 286 g/mol. The first-order valence-corrected chi connectivity index (χ1v) is 6.99. The molecule has 1 aliphatic rings. The van der Waals surface area contributed by atoms with Crippen molar-refractivity contribution >= 4 is 5.97 Å². The van der Waals surface area contributed by atoms with E-state index in [1.165, 1.54) is 12.8 Å². The van der Waals surface area contributed by atoms with Crippen molar-refractivity contribution < 1.29 is 14.3 Å². The molecule has 0 amide bonds. The third-order valence-corrected chi connectivity index (χ3v) is 3.97. The van der Waals surface area contributed by atoms with E-state index in [2.05, 4.69) is 9.55 Å². The molecule has 0 saturated carbocycles. The number of esters is 1. The van der Waals surface area contributed by atoms with Crippen molar-refractivity contribution in [1.82, 2.24) is 9.55 Å². The fourth-order valence-electron chi connectivity index (χ4n) is 2.78. The van der Waals surface area contributed by atoms with E-state index in [0.29, 0.717) is 6.54 Å². The van der Waals surface area contributed by atoms with Gasteiger partial charge in [0.1, 0.15) is 11.6 Å². The van der Waals surface area contributed by atoms with Gasteiger partial charge in [-0.2, -0.15) is 0 Å². The second-order valence-electron chi connectivity index (χ2n) is 5.17. The number of imidazole rings is 1. The Balaban J connectivity index is 1.91.